The van der Waals surface area contributed by atoms with Crippen molar-refractivity contribution in [3.05, 3.63) is 23.4 Å². The van der Waals surface area contributed by atoms with Gasteiger partial charge in [0.1, 0.15) is 18.0 Å². The van der Waals surface area contributed by atoms with Gasteiger partial charge in [-0.25, -0.2) is 0 Å². The standard InChI is InChI=1S/C15H22N4O5S.ClH/c1-19(2,9(6-20)12(17)21)5-3-4-8-7-25-14-10(16)13(22)18(14)11(8)15(23)24;/h3-4,9-10,14,20H,5-7,16H2,1-2H3,(H2-,17,21,23,24);1H/b4-3+;/t9-,10-,14+;/m1./s1. The zero-order valence-corrected chi connectivity index (χ0v) is 16.1. The number of carboxylic acids is 1. The number of carbonyl (C=O) groups is 3. The summed E-state index contributed by atoms with van der Waals surface area (Å²) in [6.45, 7) is -0.0551. The van der Waals surface area contributed by atoms with Crippen LogP contribution in [0.5, 0.6) is 0 Å². The van der Waals surface area contributed by atoms with Gasteiger partial charge in [0, 0.05) is 5.75 Å². The van der Waals surface area contributed by atoms with Crippen molar-refractivity contribution in [2.45, 2.75) is 17.5 Å². The Hall–Kier alpha value is -1.59. The van der Waals surface area contributed by atoms with E-state index in [1.165, 1.54) is 11.8 Å². The molecule has 0 aromatic rings. The molecule has 0 spiro atoms. The van der Waals surface area contributed by atoms with Crippen LogP contribution in [0.25, 0.3) is 0 Å². The minimum atomic E-state index is -1.43. The second-order valence-electron chi connectivity index (χ2n) is 6.56. The first-order chi connectivity index (χ1) is 11.6. The molecule has 26 heavy (non-hydrogen) atoms. The van der Waals surface area contributed by atoms with E-state index in [2.05, 4.69) is 0 Å². The first kappa shape index (κ1) is 22.5. The molecular weight excluding hydrogens is 384 g/mol. The molecule has 0 saturated carbocycles. The summed E-state index contributed by atoms with van der Waals surface area (Å²) in [6, 6.07) is -1.47. The summed E-state index contributed by atoms with van der Waals surface area (Å²) in [5, 5.41) is 20.4. The molecule has 0 radical (unpaired) electrons. The molecule has 2 amide bonds. The molecule has 2 heterocycles. The fourth-order valence-corrected chi connectivity index (χ4v) is 4.17. The molecule has 146 valence electrons. The highest BCUT2D eigenvalue weighted by Gasteiger charge is 2.49. The van der Waals surface area contributed by atoms with E-state index in [-0.39, 0.29) is 34.6 Å². The number of rotatable bonds is 7. The molecule has 2 aliphatic heterocycles. The second kappa shape index (κ2) is 8.40. The van der Waals surface area contributed by atoms with Gasteiger partial charge in [-0.2, -0.15) is 0 Å². The van der Waals surface area contributed by atoms with Crippen LogP contribution in [-0.2, 0) is 14.4 Å². The lowest BCUT2D eigenvalue weighted by Gasteiger charge is -2.49. The predicted molar refractivity (Wildman–Crippen MR) is 96.5 cm³/mol. The quantitative estimate of drug-likeness (QED) is 0.304. The average molecular weight is 407 g/mol. The lowest BCUT2D eigenvalue weighted by Crippen LogP contribution is -2.69. The third-order valence-electron chi connectivity index (χ3n) is 4.47. The SMILES string of the molecule is C[N+](C)(C/C=C/C1=C(C(=O)[O-])N2C(=O)[C@@H](N)[C@@H]2SC1)[C@H](CO)C(N)=O.Cl. The molecular formula is C15H23ClN4O5S. The highest BCUT2D eigenvalue weighted by atomic mass is 35.5. The predicted octanol–water partition coefficient (Wildman–Crippen LogP) is -2.87. The Morgan fingerprint density at radius 3 is 2.62 bits per heavy atom. The van der Waals surface area contributed by atoms with Crippen molar-refractivity contribution in [2.24, 2.45) is 11.5 Å². The summed E-state index contributed by atoms with van der Waals surface area (Å²) >= 11 is 1.39. The number of β-lactam (4-membered cyclic amide) rings is 1. The maximum Gasteiger partial charge on any atom is 0.278 e. The van der Waals surface area contributed by atoms with Crippen LogP contribution in [0.15, 0.2) is 23.4 Å². The van der Waals surface area contributed by atoms with Crippen molar-refractivity contribution in [2.75, 3.05) is 33.0 Å². The van der Waals surface area contributed by atoms with Gasteiger partial charge in [0.15, 0.2) is 6.04 Å². The second-order valence-corrected chi connectivity index (χ2v) is 7.67. The van der Waals surface area contributed by atoms with E-state index in [1.807, 2.05) is 0 Å². The molecule has 9 nitrogen and oxygen atoms in total. The van der Waals surface area contributed by atoms with Crippen LogP contribution in [-0.4, -0.2) is 82.7 Å². The molecule has 0 aliphatic carbocycles. The Kier molecular flexibility index (Phi) is 7.25. The zero-order chi connectivity index (χ0) is 18.9. The Morgan fingerprint density at radius 1 is 1.50 bits per heavy atom. The van der Waals surface area contributed by atoms with E-state index < -0.39 is 29.9 Å². The molecule has 1 fully saturated rings. The molecule has 2 rings (SSSR count). The van der Waals surface area contributed by atoms with Gasteiger partial charge in [-0.3, -0.25) is 14.5 Å². The summed E-state index contributed by atoms with van der Waals surface area (Å²) in [5.41, 5.74) is 11.3. The van der Waals surface area contributed by atoms with Crippen LogP contribution in [0.4, 0.5) is 0 Å². The van der Waals surface area contributed by atoms with Gasteiger partial charge in [-0.15, -0.1) is 24.2 Å². The summed E-state index contributed by atoms with van der Waals surface area (Å²) in [5.74, 6) is -2.10. The minimum Gasteiger partial charge on any atom is -0.543 e. The largest absolute Gasteiger partial charge is 0.543 e. The Bertz CT molecular complexity index is 666. The molecule has 0 aromatic carbocycles. The number of allylic oxidation sites excluding steroid dienone is 1. The van der Waals surface area contributed by atoms with E-state index in [9.17, 15) is 24.6 Å². The van der Waals surface area contributed by atoms with Crippen molar-refractivity contribution in [1.29, 1.82) is 0 Å². The van der Waals surface area contributed by atoms with Gasteiger partial charge in [0.25, 0.3) is 5.91 Å². The summed E-state index contributed by atoms with van der Waals surface area (Å²) in [4.78, 5) is 35.9. The summed E-state index contributed by atoms with van der Waals surface area (Å²) in [6.07, 6.45) is 3.29. The van der Waals surface area contributed by atoms with E-state index in [4.69, 9.17) is 11.5 Å². The van der Waals surface area contributed by atoms with Crippen LogP contribution in [0.1, 0.15) is 0 Å². The number of aliphatic hydroxyl groups is 1. The van der Waals surface area contributed by atoms with Gasteiger partial charge in [-0.05, 0) is 11.6 Å². The number of aliphatic hydroxyl groups excluding tert-OH is 1. The maximum absolute atomic E-state index is 11.8. The highest BCUT2D eigenvalue weighted by molar-refractivity contribution is 8.00. The number of hydrogen-bond donors (Lipinski definition) is 3. The van der Waals surface area contributed by atoms with E-state index in [0.29, 0.717) is 17.9 Å². The molecule has 5 N–H and O–H groups in total. The number of primary amides is 1. The molecule has 0 aromatic heterocycles. The number of hydrogen-bond acceptors (Lipinski definition) is 7. The number of fused-ring (bicyclic) bond motifs is 1. The normalized spacial score (nSPS) is 24.0. The number of amides is 2. The third kappa shape index (κ3) is 4.04. The van der Waals surface area contributed by atoms with Crippen molar-refractivity contribution in [3.63, 3.8) is 0 Å². The van der Waals surface area contributed by atoms with Crippen molar-refractivity contribution in [1.82, 2.24) is 4.90 Å². The minimum absolute atomic E-state index is 0. The van der Waals surface area contributed by atoms with Crippen LogP contribution >= 0.6 is 24.2 Å². The zero-order valence-electron chi connectivity index (χ0n) is 14.5. The van der Waals surface area contributed by atoms with Gasteiger partial charge in [-0.1, -0.05) is 6.08 Å². The van der Waals surface area contributed by atoms with Gasteiger partial charge >= 0.3 is 0 Å². The number of nitrogens with zero attached hydrogens (tertiary/aromatic N) is 2. The first-order valence-corrected chi connectivity index (χ1v) is 8.70. The number of halogens is 1. The lowest BCUT2D eigenvalue weighted by molar-refractivity contribution is -0.900. The van der Waals surface area contributed by atoms with Gasteiger partial charge in [0.05, 0.1) is 32.3 Å². The summed E-state index contributed by atoms with van der Waals surface area (Å²) in [7, 11) is 3.46. The van der Waals surface area contributed by atoms with Crippen molar-refractivity contribution < 1.29 is 29.1 Å². The third-order valence-corrected chi connectivity index (χ3v) is 5.80. The molecule has 0 unspecified atom stereocenters. The number of quaternary nitrogens is 1. The number of aliphatic carboxylic acids is 1. The Morgan fingerprint density at radius 2 is 2.12 bits per heavy atom. The van der Waals surface area contributed by atoms with E-state index >= 15 is 0 Å². The highest BCUT2D eigenvalue weighted by Crippen LogP contribution is 2.39. The number of carboxylic acid groups (broad SMARTS) is 1. The van der Waals surface area contributed by atoms with Crippen molar-refractivity contribution in [3.8, 4) is 0 Å². The molecule has 3 atom stereocenters. The maximum atomic E-state index is 11.8. The monoisotopic (exact) mass is 406 g/mol. The van der Waals surface area contributed by atoms with E-state index in [0.717, 1.165) is 4.90 Å². The number of nitrogens with two attached hydrogens (primary N) is 2. The van der Waals surface area contributed by atoms with Crippen LogP contribution in [0, 0.1) is 0 Å². The number of carbonyl (C=O) groups excluding carboxylic acids is 3. The van der Waals surface area contributed by atoms with Gasteiger partial charge in [0.2, 0.25) is 5.91 Å². The Labute approximate surface area is 161 Å². The molecule has 11 heteroatoms. The van der Waals surface area contributed by atoms with Crippen LogP contribution < -0.4 is 16.6 Å². The number of thioether (sulfide) groups is 1. The molecule has 1 saturated heterocycles. The fraction of sp³-hybridized carbons (Fsp3) is 0.533. The lowest BCUT2D eigenvalue weighted by atomic mass is 10.0. The topological polar surface area (TPSA) is 150 Å². The summed E-state index contributed by atoms with van der Waals surface area (Å²) < 4.78 is 0.111. The Balaban J connectivity index is 0.00000338. The van der Waals surface area contributed by atoms with Gasteiger partial charge < -0.3 is 31.0 Å². The van der Waals surface area contributed by atoms with Crippen molar-refractivity contribution >= 4 is 42.0 Å². The number of likely N-dealkylation sites (N-methyl/N-ethyl adjacent to an activating group) is 1. The van der Waals surface area contributed by atoms with E-state index in [1.54, 1.807) is 26.2 Å². The average Bonchev–Trinajstić information content (AvgIpc) is 2.52. The molecule has 2 aliphatic rings. The smallest absolute Gasteiger partial charge is 0.278 e. The molecule has 0 bridgehead atoms. The van der Waals surface area contributed by atoms with Crippen LogP contribution in [0.2, 0.25) is 0 Å². The first-order valence-electron chi connectivity index (χ1n) is 7.66. The van der Waals surface area contributed by atoms with Crippen LogP contribution in [0.3, 0.4) is 0 Å². The fourth-order valence-electron chi connectivity index (χ4n) is 2.91.